The van der Waals surface area contributed by atoms with Gasteiger partial charge in [0, 0.05) is 17.4 Å². The third-order valence-corrected chi connectivity index (χ3v) is 9.18. The molecule has 0 aliphatic carbocycles. The summed E-state index contributed by atoms with van der Waals surface area (Å²) in [6, 6.07) is -0.143. The predicted molar refractivity (Wildman–Crippen MR) is 130 cm³/mol. The van der Waals surface area contributed by atoms with E-state index in [1.807, 2.05) is 5.32 Å². The van der Waals surface area contributed by atoms with Crippen LogP contribution in [0.25, 0.3) is 0 Å². The molecule has 3 fully saturated rings. The number of aliphatic hydroxyl groups is 5. The molecule has 0 aromatic carbocycles. The summed E-state index contributed by atoms with van der Waals surface area (Å²) in [5.74, 6) is -4.87. The van der Waals surface area contributed by atoms with E-state index in [9.17, 15) is 57.9 Å². The second-order valence-electron chi connectivity index (χ2n) is 9.44. The minimum Gasteiger partial charge on any atom is -0.387 e. The molecule has 0 saturated carbocycles. The van der Waals surface area contributed by atoms with Gasteiger partial charge >= 0.3 is 12.0 Å². The highest BCUT2D eigenvalue weighted by Gasteiger charge is 2.49. The van der Waals surface area contributed by atoms with Gasteiger partial charge in [-0.05, 0) is 12.8 Å². The Bertz CT molecular complexity index is 1120. The summed E-state index contributed by atoms with van der Waals surface area (Å²) in [6.45, 7) is 0. The van der Waals surface area contributed by atoms with E-state index >= 15 is 0 Å². The first-order chi connectivity index (χ1) is 18.6. The fraction of sp³-hybridized carbons (Fsp3) is 0.750. The average Bonchev–Trinajstić information content (AvgIpc) is 3.52. The minimum atomic E-state index is -5.02. The van der Waals surface area contributed by atoms with Crippen LogP contribution in [0.1, 0.15) is 32.1 Å². The summed E-state index contributed by atoms with van der Waals surface area (Å²) in [5, 5.41) is 55.3. The number of nitrogens with one attached hydrogen (secondary N) is 3. The molecule has 5 amide bonds. The van der Waals surface area contributed by atoms with Gasteiger partial charge < -0.3 is 46.3 Å². The number of unbranched alkanes of at least 4 members (excludes halogenated alkanes) is 1. The number of rotatable bonds is 13. The molecule has 3 rings (SSSR count). The van der Waals surface area contributed by atoms with Crippen molar-refractivity contribution in [3.05, 3.63) is 0 Å². The van der Waals surface area contributed by atoms with Gasteiger partial charge in [0.1, 0.15) is 18.3 Å². The first kappa shape index (κ1) is 31.9. The number of hydroxylamine groups is 2. The lowest BCUT2D eigenvalue weighted by Gasteiger charge is -2.28. The third kappa shape index (κ3) is 7.37. The molecule has 9 atom stereocenters. The summed E-state index contributed by atoms with van der Waals surface area (Å²) >= 11 is 1.70. The highest BCUT2D eigenvalue weighted by Crippen LogP contribution is 2.33. The molecular weight excluding hydrogens is 584 g/mol. The Hall–Kier alpha value is -2.59. The summed E-state index contributed by atoms with van der Waals surface area (Å²) in [4.78, 5) is 63.5. The van der Waals surface area contributed by atoms with E-state index in [4.69, 9.17) is 4.55 Å². The summed E-state index contributed by atoms with van der Waals surface area (Å²) < 4.78 is 31.2. The van der Waals surface area contributed by atoms with Crippen LogP contribution in [0.5, 0.6) is 0 Å². The molecule has 40 heavy (non-hydrogen) atoms. The first-order valence-electron chi connectivity index (χ1n) is 12.0. The largest absolute Gasteiger partial charge is 0.387 e. The molecule has 0 spiro atoms. The maximum atomic E-state index is 12.1. The van der Waals surface area contributed by atoms with Gasteiger partial charge in [-0.25, -0.2) is 9.59 Å². The SMILES string of the molecule is O=C(CCCC[C@@H]1SC[C@@H]2NC(=O)N[C@@H]21)NC(O)C(O)C(O)C(O)C(O)C(=O)ON1C(=O)CC(S(=O)(=O)O)C1=O. The van der Waals surface area contributed by atoms with Gasteiger partial charge in [0.05, 0.1) is 18.5 Å². The van der Waals surface area contributed by atoms with Crippen molar-refractivity contribution in [2.75, 3.05) is 5.75 Å². The lowest BCUT2D eigenvalue weighted by atomic mass is 10.0. The Morgan fingerprint density at radius 2 is 1.73 bits per heavy atom. The number of nitrogens with zero attached hydrogens (tertiary/aromatic N) is 1. The van der Waals surface area contributed by atoms with Crippen molar-refractivity contribution >= 4 is 51.6 Å². The maximum Gasteiger partial charge on any atom is 0.364 e. The normalized spacial score (nSPS) is 28.2. The van der Waals surface area contributed by atoms with Crippen molar-refractivity contribution in [1.29, 1.82) is 0 Å². The number of aliphatic hydroxyl groups excluding tert-OH is 5. The van der Waals surface area contributed by atoms with Crippen LogP contribution in [0, 0.1) is 0 Å². The zero-order chi connectivity index (χ0) is 29.9. The predicted octanol–water partition coefficient (Wildman–Crippen LogP) is -4.94. The van der Waals surface area contributed by atoms with Crippen LogP contribution in [-0.2, 0) is 34.1 Å². The van der Waals surface area contributed by atoms with E-state index in [-0.39, 0.29) is 34.8 Å². The van der Waals surface area contributed by atoms with Crippen LogP contribution in [0.3, 0.4) is 0 Å². The van der Waals surface area contributed by atoms with Crippen LogP contribution >= 0.6 is 11.8 Å². The van der Waals surface area contributed by atoms with Crippen molar-refractivity contribution in [1.82, 2.24) is 21.0 Å². The first-order valence-corrected chi connectivity index (χ1v) is 14.6. The number of imide groups is 1. The number of amides is 5. The van der Waals surface area contributed by atoms with E-state index in [0.717, 1.165) is 12.2 Å². The molecule has 226 valence electrons. The zero-order valence-corrected chi connectivity index (χ0v) is 22.3. The smallest absolute Gasteiger partial charge is 0.364 e. The lowest BCUT2D eigenvalue weighted by molar-refractivity contribution is -0.211. The van der Waals surface area contributed by atoms with Gasteiger partial charge in [-0.1, -0.05) is 6.42 Å². The zero-order valence-electron chi connectivity index (χ0n) is 20.7. The van der Waals surface area contributed by atoms with E-state index in [2.05, 4.69) is 15.5 Å². The number of thioether (sulfide) groups is 1. The lowest BCUT2D eigenvalue weighted by Crippen LogP contribution is -2.56. The number of carbonyl (C=O) groups is 5. The molecule has 3 aliphatic heterocycles. The van der Waals surface area contributed by atoms with Gasteiger partial charge in [0.25, 0.3) is 21.9 Å². The molecule has 0 bridgehead atoms. The molecule has 20 heteroatoms. The molecule has 0 aromatic heterocycles. The fourth-order valence-electron chi connectivity index (χ4n) is 4.37. The number of carbonyl (C=O) groups excluding carboxylic acids is 5. The molecule has 9 N–H and O–H groups in total. The van der Waals surface area contributed by atoms with E-state index < -0.39 is 76.1 Å². The number of urea groups is 1. The van der Waals surface area contributed by atoms with Crippen LogP contribution in [0.4, 0.5) is 4.79 Å². The van der Waals surface area contributed by atoms with Crippen LogP contribution < -0.4 is 16.0 Å². The van der Waals surface area contributed by atoms with Crippen LogP contribution in [0.2, 0.25) is 0 Å². The Morgan fingerprint density at radius 3 is 2.35 bits per heavy atom. The van der Waals surface area contributed by atoms with Crippen LogP contribution in [-0.4, -0.2) is 132 Å². The number of fused-ring (bicyclic) bond motifs is 1. The van der Waals surface area contributed by atoms with Gasteiger partial charge in [0.2, 0.25) is 5.91 Å². The molecule has 3 heterocycles. The molecule has 3 saturated heterocycles. The minimum absolute atomic E-state index is 0.00812. The van der Waals surface area contributed by atoms with Crippen molar-refractivity contribution < 1.29 is 67.3 Å². The van der Waals surface area contributed by atoms with Crippen molar-refractivity contribution in [3.63, 3.8) is 0 Å². The monoisotopic (exact) mass is 614 g/mol. The van der Waals surface area contributed by atoms with Crippen LogP contribution in [0.15, 0.2) is 0 Å². The third-order valence-electron chi connectivity index (χ3n) is 6.58. The van der Waals surface area contributed by atoms with Crippen molar-refractivity contribution in [2.24, 2.45) is 0 Å². The maximum absolute atomic E-state index is 12.1. The summed E-state index contributed by atoms with van der Waals surface area (Å²) in [7, 11) is -5.02. The Balaban J connectivity index is 1.41. The Kier molecular flexibility index (Phi) is 10.3. The van der Waals surface area contributed by atoms with Crippen molar-refractivity contribution in [2.45, 2.75) is 85.3 Å². The number of hydrogen-bond acceptors (Lipinski definition) is 14. The topological polar surface area (TPSA) is 289 Å². The molecule has 0 radical (unpaired) electrons. The van der Waals surface area contributed by atoms with E-state index in [1.54, 1.807) is 11.8 Å². The second kappa shape index (κ2) is 12.9. The molecule has 6 unspecified atom stereocenters. The fourth-order valence-corrected chi connectivity index (χ4v) is 6.61. The van der Waals surface area contributed by atoms with Gasteiger partial charge in [-0.15, -0.1) is 5.06 Å². The molecule has 18 nitrogen and oxygen atoms in total. The summed E-state index contributed by atoms with van der Waals surface area (Å²) in [6.07, 6.45) is -11.6. The average molecular weight is 615 g/mol. The van der Waals surface area contributed by atoms with E-state index in [1.165, 1.54) is 0 Å². The highest BCUT2D eigenvalue weighted by atomic mass is 32.2. The molecule has 0 aromatic rings. The molecular formula is C20H30N4O14S2. The Morgan fingerprint density at radius 1 is 1.05 bits per heavy atom. The summed E-state index contributed by atoms with van der Waals surface area (Å²) in [5.41, 5.74) is 0. The van der Waals surface area contributed by atoms with Gasteiger partial charge in [0.15, 0.2) is 17.6 Å². The van der Waals surface area contributed by atoms with Crippen molar-refractivity contribution in [3.8, 4) is 0 Å². The van der Waals surface area contributed by atoms with Gasteiger partial charge in [-0.3, -0.25) is 18.9 Å². The van der Waals surface area contributed by atoms with E-state index in [0.29, 0.717) is 12.8 Å². The van der Waals surface area contributed by atoms with Gasteiger partial charge in [-0.2, -0.15) is 20.2 Å². The standard InChI is InChI=1S/C20H30N4O14S2/c25-10(4-2-1-3-8-12-7(6-39-8)21-20(34)23-12)22-17(31)15(29)13(27)14(28)16(30)19(33)38-24-11(26)5-9(18(24)32)40(35,36)37/h7-9,12-17,27-31H,1-6H2,(H,22,25)(H2,21,23,34)(H,35,36,37)/t7-,8-,9?,12-,13?,14?,15?,16?,17?/m0/s1. The number of hydrogen-bond donors (Lipinski definition) is 9. The highest BCUT2D eigenvalue weighted by molar-refractivity contribution is 8.00. The molecule has 3 aliphatic rings. The second-order valence-corrected chi connectivity index (χ2v) is 12.3. The Labute approximate surface area is 231 Å². The quantitative estimate of drug-likeness (QED) is 0.0309.